The SMILES string of the molecule is N#Cc1cc(N)ccc1C(O)C(O)CNC(=O)OCC1c2ccccc2-c2ccccc21. The van der Waals surface area contributed by atoms with Gasteiger partial charge in [0.25, 0.3) is 0 Å². The Labute approximate surface area is 185 Å². The number of carbonyl (C=O) groups is 1. The number of nitrogens with two attached hydrogens (primary N) is 1. The fourth-order valence-electron chi connectivity index (χ4n) is 4.08. The highest BCUT2D eigenvalue weighted by molar-refractivity contribution is 5.79. The van der Waals surface area contributed by atoms with Crippen LogP contribution in [-0.4, -0.2) is 35.6 Å². The largest absolute Gasteiger partial charge is 0.449 e. The van der Waals surface area contributed by atoms with E-state index in [1.54, 1.807) is 0 Å². The quantitative estimate of drug-likeness (QED) is 0.446. The summed E-state index contributed by atoms with van der Waals surface area (Å²) < 4.78 is 5.42. The maximum absolute atomic E-state index is 12.3. The lowest BCUT2D eigenvalue weighted by Gasteiger charge is -2.20. The van der Waals surface area contributed by atoms with Crippen molar-refractivity contribution in [1.82, 2.24) is 5.32 Å². The van der Waals surface area contributed by atoms with Gasteiger partial charge < -0.3 is 26.0 Å². The number of ether oxygens (including phenoxy) is 1. The smallest absolute Gasteiger partial charge is 0.407 e. The zero-order chi connectivity index (χ0) is 22.7. The van der Waals surface area contributed by atoms with E-state index in [-0.39, 0.29) is 30.2 Å². The van der Waals surface area contributed by atoms with E-state index in [4.69, 9.17) is 10.5 Å². The third-order valence-electron chi connectivity index (χ3n) is 5.68. The van der Waals surface area contributed by atoms with Crippen LogP contribution in [0.25, 0.3) is 11.1 Å². The van der Waals surface area contributed by atoms with E-state index >= 15 is 0 Å². The summed E-state index contributed by atoms with van der Waals surface area (Å²) in [4.78, 5) is 12.3. The fourth-order valence-corrected chi connectivity index (χ4v) is 4.08. The number of alkyl carbamates (subject to hydrolysis) is 1. The van der Waals surface area contributed by atoms with Crippen molar-refractivity contribution in [3.8, 4) is 17.2 Å². The second-order valence-corrected chi connectivity index (χ2v) is 7.68. The summed E-state index contributed by atoms with van der Waals surface area (Å²) in [7, 11) is 0. The van der Waals surface area contributed by atoms with Crippen molar-refractivity contribution in [3.05, 3.63) is 89.0 Å². The number of amides is 1. The number of anilines is 1. The number of nitriles is 1. The van der Waals surface area contributed by atoms with Crippen molar-refractivity contribution in [1.29, 1.82) is 5.26 Å². The zero-order valence-electron chi connectivity index (χ0n) is 17.2. The Bertz CT molecular complexity index is 1140. The van der Waals surface area contributed by atoms with Crippen LogP contribution < -0.4 is 11.1 Å². The van der Waals surface area contributed by atoms with Crippen molar-refractivity contribution in [2.24, 2.45) is 0 Å². The number of nitrogens with zero attached hydrogens (tertiary/aromatic N) is 1. The maximum atomic E-state index is 12.3. The molecule has 0 bridgehead atoms. The topological polar surface area (TPSA) is 129 Å². The minimum absolute atomic E-state index is 0.0726. The monoisotopic (exact) mass is 429 g/mol. The molecule has 162 valence electrons. The van der Waals surface area contributed by atoms with Crippen LogP contribution >= 0.6 is 0 Å². The van der Waals surface area contributed by atoms with Gasteiger partial charge in [0.15, 0.2) is 0 Å². The van der Waals surface area contributed by atoms with E-state index < -0.39 is 18.3 Å². The molecule has 0 radical (unpaired) electrons. The Morgan fingerprint density at radius 2 is 1.69 bits per heavy atom. The highest BCUT2D eigenvalue weighted by Gasteiger charge is 2.29. The van der Waals surface area contributed by atoms with Crippen LogP contribution in [0, 0.1) is 11.3 Å². The number of rotatable bonds is 6. The number of aliphatic hydroxyl groups is 2. The number of aliphatic hydroxyl groups excluding tert-OH is 2. The van der Waals surface area contributed by atoms with Crippen LogP contribution in [0.2, 0.25) is 0 Å². The van der Waals surface area contributed by atoms with Crippen LogP contribution in [0.5, 0.6) is 0 Å². The summed E-state index contributed by atoms with van der Waals surface area (Å²) in [5, 5.41) is 32.4. The third-order valence-corrected chi connectivity index (χ3v) is 5.68. The van der Waals surface area contributed by atoms with E-state index in [9.17, 15) is 20.3 Å². The molecule has 0 heterocycles. The molecule has 3 aromatic carbocycles. The Morgan fingerprint density at radius 1 is 1.06 bits per heavy atom. The molecule has 0 spiro atoms. The molecule has 1 aliphatic carbocycles. The van der Waals surface area contributed by atoms with Crippen molar-refractivity contribution in [2.75, 3.05) is 18.9 Å². The summed E-state index contributed by atoms with van der Waals surface area (Å²) in [6, 6.07) is 22.4. The van der Waals surface area contributed by atoms with Gasteiger partial charge in [0, 0.05) is 23.7 Å². The number of benzene rings is 3. The average Bonchev–Trinajstić information content (AvgIpc) is 3.14. The van der Waals surface area contributed by atoms with Crippen LogP contribution in [0.3, 0.4) is 0 Å². The molecule has 32 heavy (non-hydrogen) atoms. The van der Waals surface area contributed by atoms with E-state index in [0.29, 0.717) is 5.69 Å². The first-order valence-corrected chi connectivity index (χ1v) is 10.2. The lowest BCUT2D eigenvalue weighted by Crippen LogP contribution is -2.36. The number of carbonyl (C=O) groups excluding carboxylic acids is 1. The normalized spacial score (nSPS) is 14.0. The number of hydrogen-bond donors (Lipinski definition) is 4. The summed E-state index contributed by atoms with van der Waals surface area (Å²) in [6.07, 6.45) is -3.39. The molecule has 2 unspecified atom stereocenters. The highest BCUT2D eigenvalue weighted by Crippen LogP contribution is 2.44. The van der Waals surface area contributed by atoms with E-state index in [0.717, 1.165) is 22.3 Å². The average molecular weight is 429 g/mol. The molecule has 5 N–H and O–H groups in total. The predicted octanol–water partition coefficient (Wildman–Crippen LogP) is 3.07. The second kappa shape index (κ2) is 9.10. The number of nitrogens with one attached hydrogen (secondary N) is 1. The molecule has 0 aliphatic heterocycles. The Balaban J connectivity index is 1.36. The van der Waals surface area contributed by atoms with Crippen molar-refractivity contribution < 1.29 is 19.7 Å². The zero-order valence-corrected chi connectivity index (χ0v) is 17.2. The maximum Gasteiger partial charge on any atom is 0.407 e. The second-order valence-electron chi connectivity index (χ2n) is 7.68. The minimum Gasteiger partial charge on any atom is -0.449 e. The number of nitrogen functional groups attached to an aromatic ring is 1. The molecule has 7 heteroatoms. The van der Waals surface area contributed by atoms with Crippen molar-refractivity contribution >= 4 is 11.8 Å². The molecule has 0 fully saturated rings. The van der Waals surface area contributed by atoms with Crippen LogP contribution in [-0.2, 0) is 4.74 Å². The van der Waals surface area contributed by atoms with Crippen LogP contribution in [0.4, 0.5) is 10.5 Å². The molecule has 1 amide bonds. The van der Waals surface area contributed by atoms with Gasteiger partial charge in [-0.3, -0.25) is 0 Å². The number of hydrogen-bond acceptors (Lipinski definition) is 6. The fraction of sp³-hybridized carbons (Fsp3) is 0.200. The Kier molecular flexibility index (Phi) is 6.08. The van der Waals surface area contributed by atoms with E-state index in [1.807, 2.05) is 42.5 Å². The highest BCUT2D eigenvalue weighted by atomic mass is 16.5. The summed E-state index contributed by atoms with van der Waals surface area (Å²) in [5.41, 5.74) is 10.9. The van der Waals surface area contributed by atoms with Gasteiger partial charge >= 0.3 is 6.09 Å². The van der Waals surface area contributed by atoms with Gasteiger partial charge in [-0.25, -0.2) is 4.79 Å². The predicted molar refractivity (Wildman–Crippen MR) is 120 cm³/mol. The Morgan fingerprint density at radius 3 is 2.31 bits per heavy atom. The molecule has 0 saturated carbocycles. The standard InChI is InChI=1S/C25H23N3O4/c26-12-15-11-16(27)9-10-17(15)24(30)23(29)13-28-25(31)32-14-22-20-7-3-1-5-18(20)19-6-2-4-8-21(19)22/h1-11,22-24,29-30H,13-14,27H2,(H,28,31). The molecule has 7 nitrogen and oxygen atoms in total. The summed E-state index contributed by atoms with van der Waals surface area (Å²) in [6.45, 7) is -0.0951. The van der Waals surface area contributed by atoms with Gasteiger partial charge in [-0.05, 0) is 34.4 Å². The minimum atomic E-state index is -1.36. The molecule has 0 saturated heterocycles. The first kappa shape index (κ1) is 21.4. The summed E-state index contributed by atoms with van der Waals surface area (Å²) in [5.74, 6) is -0.0726. The van der Waals surface area contributed by atoms with Gasteiger partial charge in [0.1, 0.15) is 18.8 Å². The molecular formula is C25H23N3O4. The van der Waals surface area contributed by atoms with Crippen molar-refractivity contribution in [3.63, 3.8) is 0 Å². The molecule has 1 aliphatic rings. The van der Waals surface area contributed by atoms with Gasteiger partial charge in [0.2, 0.25) is 0 Å². The van der Waals surface area contributed by atoms with E-state index in [2.05, 4.69) is 17.4 Å². The van der Waals surface area contributed by atoms with Gasteiger partial charge in [-0.2, -0.15) is 5.26 Å². The molecule has 2 atom stereocenters. The van der Waals surface area contributed by atoms with Gasteiger partial charge in [-0.1, -0.05) is 54.6 Å². The molecular weight excluding hydrogens is 406 g/mol. The lowest BCUT2D eigenvalue weighted by atomic mass is 9.98. The molecule has 3 aromatic rings. The van der Waals surface area contributed by atoms with Gasteiger partial charge in [0.05, 0.1) is 11.6 Å². The number of fused-ring (bicyclic) bond motifs is 3. The Hall–Kier alpha value is -3.86. The summed E-state index contributed by atoms with van der Waals surface area (Å²) >= 11 is 0. The molecule has 4 rings (SSSR count). The van der Waals surface area contributed by atoms with Gasteiger partial charge in [-0.15, -0.1) is 0 Å². The first-order valence-electron chi connectivity index (χ1n) is 10.2. The lowest BCUT2D eigenvalue weighted by molar-refractivity contribution is 0.0184. The van der Waals surface area contributed by atoms with Crippen LogP contribution in [0.1, 0.15) is 34.3 Å². The van der Waals surface area contributed by atoms with Crippen molar-refractivity contribution in [2.45, 2.75) is 18.1 Å². The first-order chi connectivity index (χ1) is 15.5. The van der Waals surface area contributed by atoms with Crippen LogP contribution in [0.15, 0.2) is 66.7 Å². The molecule has 0 aromatic heterocycles. The third kappa shape index (κ3) is 4.14. The van der Waals surface area contributed by atoms with E-state index in [1.165, 1.54) is 18.2 Å².